The lowest BCUT2D eigenvalue weighted by atomic mass is 9.93. The molecule has 0 spiro atoms. The maximum Gasteiger partial charge on any atom is 0.0210 e. The van der Waals surface area contributed by atoms with Gasteiger partial charge in [-0.2, -0.15) is 0 Å². The number of rotatable bonds is 1. The standard InChI is InChI=1S/C15H14/c1-11-9-13-7-4-8-14(15(13)10-11)12-5-2-3-6-12/h2-8,10,12H,9H2,1H3. The van der Waals surface area contributed by atoms with E-state index in [4.69, 9.17) is 0 Å². The van der Waals surface area contributed by atoms with Crippen molar-refractivity contribution < 1.29 is 0 Å². The zero-order valence-electron chi connectivity index (χ0n) is 8.90. The highest BCUT2D eigenvalue weighted by Gasteiger charge is 2.17. The highest BCUT2D eigenvalue weighted by atomic mass is 14.2. The summed E-state index contributed by atoms with van der Waals surface area (Å²) >= 11 is 0. The average molecular weight is 194 g/mol. The number of hydrogen-bond acceptors (Lipinski definition) is 0. The summed E-state index contributed by atoms with van der Waals surface area (Å²) in [6.45, 7) is 2.21. The van der Waals surface area contributed by atoms with Crippen LogP contribution in [0.5, 0.6) is 0 Å². The lowest BCUT2D eigenvalue weighted by Crippen LogP contribution is -1.94. The van der Waals surface area contributed by atoms with Gasteiger partial charge >= 0.3 is 0 Å². The lowest BCUT2D eigenvalue weighted by molar-refractivity contribution is 1.08. The summed E-state index contributed by atoms with van der Waals surface area (Å²) < 4.78 is 0. The highest BCUT2D eigenvalue weighted by Crippen LogP contribution is 2.34. The van der Waals surface area contributed by atoms with Gasteiger partial charge in [0.25, 0.3) is 0 Å². The molecule has 74 valence electrons. The topological polar surface area (TPSA) is 0 Å². The molecular formula is C15H14. The molecule has 0 aliphatic heterocycles. The molecular weight excluding hydrogens is 180 g/mol. The Morgan fingerprint density at radius 1 is 1.13 bits per heavy atom. The van der Waals surface area contributed by atoms with Gasteiger partial charge in [0.2, 0.25) is 0 Å². The monoisotopic (exact) mass is 194 g/mol. The van der Waals surface area contributed by atoms with Crippen LogP contribution in [0.2, 0.25) is 0 Å². The van der Waals surface area contributed by atoms with Crippen molar-refractivity contribution in [3.8, 4) is 0 Å². The molecule has 0 amide bonds. The first-order chi connectivity index (χ1) is 7.34. The maximum absolute atomic E-state index is 2.34. The van der Waals surface area contributed by atoms with Crippen molar-refractivity contribution in [2.45, 2.75) is 19.3 Å². The highest BCUT2D eigenvalue weighted by molar-refractivity contribution is 5.68. The van der Waals surface area contributed by atoms with Crippen LogP contribution in [0.1, 0.15) is 29.5 Å². The summed E-state index contributed by atoms with van der Waals surface area (Å²) in [5, 5.41) is 0. The Labute approximate surface area is 90.6 Å². The van der Waals surface area contributed by atoms with Crippen LogP contribution in [-0.4, -0.2) is 0 Å². The fourth-order valence-corrected chi connectivity index (χ4v) is 2.49. The van der Waals surface area contributed by atoms with Crippen LogP contribution >= 0.6 is 0 Å². The third kappa shape index (κ3) is 1.37. The minimum absolute atomic E-state index is 0.488. The second kappa shape index (κ2) is 3.23. The fraction of sp³-hybridized carbons (Fsp3) is 0.200. The minimum atomic E-state index is 0.488. The Bertz CT molecular complexity index is 475. The third-order valence-electron chi connectivity index (χ3n) is 3.20. The molecule has 15 heavy (non-hydrogen) atoms. The molecule has 0 nitrogen and oxygen atoms in total. The van der Waals surface area contributed by atoms with Crippen molar-refractivity contribution in [3.63, 3.8) is 0 Å². The molecule has 0 bridgehead atoms. The molecule has 1 aromatic carbocycles. The van der Waals surface area contributed by atoms with Crippen LogP contribution in [0.4, 0.5) is 0 Å². The quantitative estimate of drug-likeness (QED) is 0.637. The minimum Gasteiger partial charge on any atom is -0.0732 e. The molecule has 2 aliphatic carbocycles. The summed E-state index contributed by atoms with van der Waals surface area (Å²) in [4.78, 5) is 0. The zero-order valence-corrected chi connectivity index (χ0v) is 8.90. The van der Waals surface area contributed by atoms with Crippen LogP contribution in [-0.2, 0) is 6.42 Å². The van der Waals surface area contributed by atoms with E-state index in [1.165, 1.54) is 22.3 Å². The smallest absolute Gasteiger partial charge is 0.0210 e. The number of benzene rings is 1. The fourth-order valence-electron chi connectivity index (χ4n) is 2.49. The molecule has 3 rings (SSSR count). The predicted octanol–water partition coefficient (Wildman–Crippen LogP) is 3.86. The van der Waals surface area contributed by atoms with Crippen molar-refractivity contribution in [3.05, 3.63) is 64.8 Å². The van der Waals surface area contributed by atoms with E-state index in [2.05, 4.69) is 55.5 Å². The van der Waals surface area contributed by atoms with Crippen molar-refractivity contribution >= 4 is 6.08 Å². The van der Waals surface area contributed by atoms with Gasteiger partial charge < -0.3 is 0 Å². The van der Waals surface area contributed by atoms with Gasteiger partial charge in [0.1, 0.15) is 0 Å². The Morgan fingerprint density at radius 2 is 1.93 bits per heavy atom. The second-order valence-electron chi connectivity index (χ2n) is 4.38. The number of hydrogen-bond donors (Lipinski definition) is 0. The molecule has 2 aliphatic rings. The van der Waals surface area contributed by atoms with E-state index in [0.29, 0.717) is 5.92 Å². The Morgan fingerprint density at radius 3 is 2.73 bits per heavy atom. The van der Waals surface area contributed by atoms with E-state index >= 15 is 0 Å². The van der Waals surface area contributed by atoms with Crippen molar-refractivity contribution in [2.75, 3.05) is 0 Å². The zero-order chi connectivity index (χ0) is 10.3. The van der Waals surface area contributed by atoms with Gasteiger partial charge in [0.15, 0.2) is 0 Å². The molecule has 0 saturated heterocycles. The molecule has 0 unspecified atom stereocenters. The molecule has 0 saturated carbocycles. The van der Waals surface area contributed by atoms with Crippen LogP contribution in [0.25, 0.3) is 6.08 Å². The van der Waals surface area contributed by atoms with Gasteiger partial charge in [0, 0.05) is 5.92 Å². The number of allylic oxidation sites excluding steroid dienone is 5. The van der Waals surface area contributed by atoms with Crippen molar-refractivity contribution in [2.24, 2.45) is 0 Å². The van der Waals surface area contributed by atoms with Gasteiger partial charge in [-0.05, 0) is 30.0 Å². The molecule has 0 heterocycles. The average Bonchev–Trinajstić information content (AvgIpc) is 2.82. The Hall–Kier alpha value is -1.56. The molecule has 0 radical (unpaired) electrons. The summed E-state index contributed by atoms with van der Waals surface area (Å²) in [6, 6.07) is 6.67. The van der Waals surface area contributed by atoms with Gasteiger partial charge in [-0.15, -0.1) is 0 Å². The first-order valence-corrected chi connectivity index (χ1v) is 5.48. The predicted molar refractivity (Wildman–Crippen MR) is 64.8 cm³/mol. The molecule has 0 aromatic heterocycles. The van der Waals surface area contributed by atoms with E-state index in [1.807, 2.05) is 0 Å². The van der Waals surface area contributed by atoms with E-state index in [1.54, 1.807) is 0 Å². The molecule has 0 atom stereocenters. The summed E-state index contributed by atoms with van der Waals surface area (Å²) in [7, 11) is 0. The van der Waals surface area contributed by atoms with E-state index in [-0.39, 0.29) is 0 Å². The van der Waals surface area contributed by atoms with Crippen molar-refractivity contribution in [1.82, 2.24) is 0 Å². The molecule has 0 fully saturated rings. The molecule has 0 heteroatoms. The SMILES string of the molecule is CC1=Cc2c(cccc2C2C=CC=C2)C1. The largest absolute Gasteiger partial charge is 0.0732 e. The Balaban J connectivity index is 2.13. The van der Waals surface area contributed by atoms with Crippen LogP contribution in [0.3, 0.4) is 0 Å². The van der Waals surface area contributed by atoms with Gasteiger partial charge in [-0.25, -0.2) is 0 Å². The Kier molecular flexibility index (Phi) is 1.88. The second-order valence-corrected chi connectivity index (χ2v) is 4.38. The first-order valence-electron chi connectivity index (χ1n) is 5.48. The van der Waals surface area contributed by atoms with E-state index in [9.17, 15) is 0 Å². The summed E-state index contributed by atoms with van der Waals surface area (Å²) in [6.07, 6.45) is 12.3. The van der Waals surface area contributed by atoms with Gasteiger partial charge in [-0.1, -0.05) is 54.2 Å². The normalized spacial score (nSPS) is 18.3. The van der Waals surface area contributed by atoms with Gasteiger partial charge in [-0.3, -0.25) is 0 Å². The van der Waals surface area contributed by atoms with Crippen LogP contribution in [0, 0.1) is 0 Å². The molecule has 0 N–H and O–H groups in total. The third-order valence-corrected chi connectivity index (χ3v) is 3.20. The van der Waals surface area contributed by atoms with E-state index in [0.717, 1.165) is 6.42 Å². The van der Waals surface area contributed by atoms with Gasteiger partial charge in [0.05, 0.1) is 0 Å². The summed E-state index contributed by atoms with van der Waals surface area (Å²) in [5.74, 6) is 0.488. The van der Waals surface area contributed by atoms with Crippen molar-refractivity contribution in [1.29, 1.82) is 0 Å². The lowest BCUT2D eigenvalue weighted by Gasteiger charge is -2.11. The number of fused-ring (bicyclic) bond motifs is 1. The van der Waals surface area contributed by atoms with Crippen LogP contribution < -0.4 is 0 Å². The summed E-state index contributed by atoms with van der Waals surface area (Å²) in [5.41, 5.74) is 5.87. The van der Waals surface area contributed by atoms with E-state index < -0.39 is 0 Å². The van der Waals surface area contributed by atoms with Crippen LogP contribution in [0.15, 0.2) is 48.1 Å². The first kappa shape index (κ1) is 8.72. The molecule has 1 aromatic rings. The maximum atomic E-state index is 2.34.